The average molecular weight is 535 g/mol. The van der Waals surface area contributed by atoms with E-state index in [1.165, 1.54) is 24.6 Å². The maximum atomic E-state index is 13.2. The summed E-state index contributed by atoms with van der Waals surface area (Å²) < 4.78 is 11.2. The third-order valence-corrected chi connectivity index (χ3v) is 7.77. The molecule has 1 aromatic heterocycles. The predicted octanol–water partition coefficient (Wildman–Crippen LogP) is 5.68. The SMILES string of the molecule is CCOC(=O)C1=C(CSc2nc3c(cc2C#N)CCCCCC3)OC(N)=C(C#N)[C@@H]1c1ccccc1Cl. The minimum absolute atomic E-state index is 0.0850. The van der Waals surface area contributed by atoms with Gasteiger partial charge in [0.1, 0.15) is 28.5 Å². The van der Waals surface area contributed by atoms with Crippen molar-refractivity contribution < 1.29 is 14.3 Å². The molecule has 0 saturated heterocycles. The Balaban J connectivity index is 1.76. The first-order valence-corrected chi connectivity index (χ1v) is 13.6. The molecule has 9 heteroatoms. The van der Waals surface area contributed by atoms with Gasteiger partial charge in [-0.05, 0) is 55.9 Å². The Morgan fingerprint density at radius 2 is 1.97 bits per heavy atom. The minimum Gasteiger partial charge on any atom is -0.463 e. The summed E-state index contributed by atoms with van der Waals surface area (Å²) in [6, 6.07) is 13.3. The van der Waals surface area contributed by atoms with Crippen LogP contribution in [0.5, 0.6) is 0 Å². The first-order chi connectivity index (χ1) is 18.0. The number of fused-ring (bicyclic) bond motifs is 1. The Morgan fingerprint density at radius 1 is 1.22 bits per heavy atom. The molecule has 1 atom stereocenters. The van der Waals surface area contributed by atoms with Crippen LogP contribution in [0.2, 0.25) is 5.02 Å². The van der Waals surface area contributed by atoms with E-state index in [0.29, 0.717) is 21.2 Å². The van der Waals surface area contributed by atoms with E-state index in [0.717, 1.165) is 36.9 Å². The van der Waals surface area contributed by atoms with Crippen molar-refractivity contribution in [2.75, 3.05) is 12.4 Å². The van der Waals surface area contributed by atoms with Crippen LogP contribution in [-0.2, 0) is 27.1 Å². The lowest BCUT2D eigenvalue weighted by Crippen LogP contribution is -2.27. The summed E-state index contributed by atoms with van der Waals surface area (Å²) in [6.45, 7) is 1.85. The molecule has 1 aromatic carbocycles. The third-order valence-electron chi connectivity index (χ3n) is 6.43. The first-order valence-electron chi connectivity index (χ1n) is 12.3. The number of carbonyl (C=O) groups excluding carboxylic acids is 1. The van der Waals surface area contributed by atoms with Crippen molar-refractivity contribution >= 4 is 29.3 Å². The van der Waals surface area contributed by atoms with Gasteiger partial charge in [0.2, 0.25) is 5.88 Å². The number of nitrogens with two attached hydrogens (primary N) is 1. The molecule has 0 amide bonds. The molecule has 0 saturated carbocycles. The molecule has 1 aliphatic carbocycles. The van der Waals surface area contributed by atoms with Crippen LogP contribution in [0.3, 0.4) is 0 Å². The van der Waals surface area contributed by atoms with E-state index < -0.39 is 11.9 Å². The van der Waals surface area contributed by atoms with Crippen molar-refractivity contribution in [2.45, 2.75) is 56.4 Å². The Hall–Kier alpha value is -3.46. The number of rotatable bonds is 6. The van der Waals surface area contributed by atoms with Gasteiger partial charge in [-0.3, -0.25) is 0 Å². The van der Waals surface area contributed by atoms with Crippen molar-refractivity contribution in [1.29, 1.82) is 10.5 Å². The van der Waals surface area contributed by atoms with Crippen LogP contribution in [0, 0.1) is 22.7 Å². The van der Waals surface area contributed by atoms with Gasteiger partial charge in [0.05, 0.1) is 29.4 Å². The number of halogens is 1. The van der Waals surface area contributed by atoms with Crippen LogP contribution in [0.25, 0.3) is 0 Å². The normalized spacial score (nSPS) is 17.6. The second-order valence-electron chi connectivity index (χ2n) is 8.77. The molecule has 2 aromatic rings. The average Bonchev–Trinajstić information content (AvgIpc) is 2.88. The quantitative estimate of drug-likeness (QED) is 0.371. The largest absolute Gasteiger partial charge is 0.463 e. The molecule has 0 bridgehead atoms. The summed E-state index contributed by atoms with van der Waals surface area (Å²) in [7, 11) is 0. The smallest absolute Gasteiger partial charge is 0.338 e. The van der Waals surface area contributed by atoms with Crippen molar-refractivity contribution in [3.8, 4) is 12.1 Å². The standard InChI is InChI=1S/C28H27ClN4O3S/c1-2-35-28(34)25-23(36-26(32)20(15-31)24(25)19-10-7-8-11-21(19)29)16-37-27-18(14-30)13-17-9-5-3-4-6-12-22(17)33-27/h7-8,10-11,13,24H,2-6,9,12,16,32H2,1H3/t24-/m0/s1. The Kier molecular flexibility index (Phi) is 8.76. The number of carbonyl (C=O) groups is 1. The zero-order chi connectivity index (χ0) is 26.4. The van der Waals surface area contributed by atoms with Gasteiger partial charge in [-0.1, -0.05) is 54.4 Å². The van der Waals surface area contributed by atoms with E-state index in [9.17, 15) is 15.3 Å². The molecule has 7 nitrogen and oxygen atoms in total. The van der Waals surface area contributed by atoms with Gasteiger partial charge in [-0.15, -0.1) is 0 Å². The van der Waals surface area contributed by atoms with E-state index >= 15 is 0 Å². The van der Waals surface area contributed by atoms with Crippen LogP contribution in [0.15, 0.2) is 58.1 Å². The number of hydrogen-bond donors (Lipinski definition) is 1. The second-order valence-corrected chi connectivity index (χ2v) is 10.1. The molecule has 1 aliphatic heterocycles. The Morgan fingerprint density at radius 3 is 2.68 bits per heavy atom. The van der Waals surface area contributed by atoms with Crippen molar-refractivity contribution in [2.24, 2.45) is 5.73 Å². The third kappa shape index (κ3) is 5.77. The van der Waals surface area contributed by atoms with Crippen LogP contribution in [-0.4, -0.2) is 23.3 Å². The summed E-state index contributed by atoms with van der Waals surface area (Å²) in [4.78, 5) is 18.1. The lowest BCUT2D eigenvalue weighted by molar-refractivity contribution is -0.139. The lowest BCUT2D eigenvalue weighted by Gasteiger charge is -2.28. The summed E-state index contributed by atoms with van der Waals surface area (Å²) in [5.41, 5.74) is 9.61. The fourth-order valence-corrected chi connectivity index (χ4v) is 5.83. The topological polar surface area (TPSA) is 122 Å². The van der Waals surface area contributed by atoms with Crippen LogP contribution in [0.4, 0.5) is 0 Å². The van der Waals surface area contributed by atoms with Gasteiger partial charge >= 0.3 is 5.97 Å². The second kappa shape index (κ2) is 12.2. The van der Waals surface area contributed by atoms with Gasteiger partial charge in [-0.25, -0.2) is 9.78 Å². The van der Waals surface area contributed by atoms with E-state index in [-0.39, 0.29) is 35.1 Å². The number of allylic oxidation sites excluding steroid dienone is 1. The van der Waals surface area contributed by atoms with Gasteiger partial charge in [-0.2, -0.15) is 10.5 Å². The fourth-order valence-electron chi connectivity index (χ4n) is 4.67. The molecule has 190 valence electrons. The molecular weight excluding hydrogens is 508 g/mol. The zero-order valence-electron chi connectivity index (χ0n) is 20.6. The molecule has 0 unspecified atom stereocenters. The number of aromatic nitrogens is 1. The van der Waals surface area contributed by atoms with Gasteiger partial charge in [0.25, 0.3) is 0 Å². The number of aryl methyl sites for hydroxylation is 2. The highest BCUT2D eigenvalue weighted by Gasteiger charge is 2.38. The van der Waals surface area contributed by atoms with Crippen LogP contribution in [0.1, 0.15) is 60.9 Å². The van der Waals surface area contributed by atoms with Crippen molar-refractivity contribution in [3.63, 3.8) is 0 Å². The summed E-state index contributed by atoms with van der Waals surface area (Å²) in [5, 5.41) is 20.7. The van der Waals surface area contributed by atoms with Crippen molar-refractivity contribution in [1.82, 2.24) is 4.98 Å². The molecule has 0 spiro atoms. The van der Waals surface area contributed by atoms with Gasteiger partial charge in [0, 0.05) is 10.7 Å². The number of nitriles is 2. The number of nitrogens with zero attached hydrogens (tertiary/aromatic N) is 3. The number of ether oxygens (including phenoxy) is 2. The highest BCUT2D eigenvalue weighted by Crippen LogP contribution is 2.43. The maximum absolute atomic E-state index is 13.2. The predicted molar refractivity (Wildman–Crippen MR) is 141 cm³/mol. The lowest BCUT2D eigenvalue weighted by atomic mass is 9.83. The molecule has 37 heavy (non-hydrogen) atoms. The Labute approximate surface area is 225 Å². The molecule has 2 aliphatic rings. The number of thioether (sulfide) groups is 1. The van der Waals surface area contributed by atoms with Crippen LogP contribution >= 0.6 is 23.4 Å². The molecule has 2 N–H and O–H groups in total. The minimum atomic E-state index is -0.846. The zero-order valence-corrected chi connectivity index (χ0v) is 22.1. The van der Waals surface area contributed by atoms with Crippen molar-refractivity contribution in [3.05, 3.63) is 80.5 Å². The van der Waals surface area contributed by atoms with Gasteiger partial charge < -0.3 is 15.2 Å². The molecular formula is C28H27ClN4O3S. The number of hydrogen-bond acceptors (Lipinski definition) is 8. The monoisotopic (exact) mass is 534 g/mol. The van der Waals surface area contributed by atoms with E-state index in [1.54, 1.807) is 31.2 Å². The van der Waals surface area contributed by atoms with Crippen LogP contribution < -0.4 is 5.73 Å². The maximum Gasteiger partial charge on any atom is 0.338 e. The number of pyridine rings is 1. The summed E-state index contributed by atoms with van der Waals surface area (Å²) in [5.74, 6) is -1.14. The van der Waals surface area contributed by atoms with E-state index in [1.807, 2.05) is 6.07 Å². The highest BCUT2D eigenvalue weighted by atomic mass is 35.5. The first kappa shape index (κ1) is 26.6. The molecule has 0 fully saturated rings. The summed E-state index contributed by atoms with van der Waals surface area (Å²) >= 11 is 7.78. The van der Waals surface area contributed by atoms with E-state index in [4.69, 9.17) is 31.8 Å². The van der Waals surface area contributed by atoms with Gasteiger partial charge in [0.15, 0.2) is 0 Å². The molecule has 4 rings (SSSR count). The highest BCUT2D eigenvalue weighted by molar-refractivity contribution is 7.99. The van der Waals surface area contributed by atoms with E-state index in [2.05, 4.69) is 12.1 Å². The number of benzene rings is 1. The summed E-state index contributed by atoms with van der Waals surface area (Å²) in [6.07, 6.45) is 6.30. The Bertz CT molecular complexity index is 1360. The molecule has 2 heterocycles. The fraction of sp³-hybridized carbons (Fsp3) is 0.357. The molecule has 0 radical (unpaired) electrons. The number of esters is 1.